The number of hydrogen-bond donors (Lipinski definition) is 0. The van der Waals surface area contributed by atoms with Crippen LogP contribution in [0.5, 0.6) is 11.5 Å². The monoisotopic (exact) mass is 471 g/mol. The molecule has 4 aromatic rings. The molecule has 0 unspecified atom stereocenters. The van der Waals surface area contributed by atoms with E-state index in [2.05, 4.69) is 25.7 Å². The van der Waals surface area contributed by atoms with Crippen molar-refractivity contribution in [1.29, 1.82) is 0 Å². The van der Waals surface area contributed by atoms with Crippen molar-refractivity contribution < 1.29 is 18.7 Å². The van der Waals surface area contributed by atoms with Gasteiger partial charge in [-0.15, -0.1) is 0 Å². The molecule has 0 spiro atoms. The van der Waals surface area contributed by atoms with E-state index in [4.69, 9.17) is 13.9 Å². The maximum Gasteiger partial charge on any atom is 0.197 e. The highest BCUT2D eigenvalue weighted by Crippen LogP contribution is 2.36. The van der Waals surface area contributed by atoms with Crippen molar-refractivity contribution >= 4 is 16.8 Å². The summed E-state index contributed by atoms with van der Waals surface area (Å²) in [5.74, 6) is 1.96. The third-order valence-corrected chi connectivity index (χ3v) is 6.08. The standard InChI is InChI=1S/C30H33NO4/c1-4-19-33-25-11-9-10-23(21-25)29(32)28-26-12-7-8-13-27(26)35-30(28)22-14-16-24(17-15-22)34-20-18-31(5-2)6-3/h7-17,21H,4-6,18-20H2,1-3H3. The van der Waals surface area contributed by atoms with Crippen LogP contribution in [0.3, 0.4) is 0 Å². The molecular formula is C30H33NO4. The van der Waals surface area contributed by atoms with Crippen LogP contribution in [-0.2, 0) is 0 Å². The van der Waals surface area contributed by atoms with Gasteiger partial charge in [-0.3, -0.25) is 4.79 Å². The Balaban J connectivity index is 1.63. The van der Waals surface area contributed by atoms with Gasteiger partial charge >= 0.3 is 0 Å². The van der Waals surface area contributed by atoms with E-state index in [1.165, 1.54) is 0 Å². The van der Waals surface area contributed by atoms with Crippen molar-refractivity contribution in [3.05, 3.63) is 83.9 Å². The van der Waals surface area contributed by atoms with E-state index in [0.717, 1.165) is 42.8 Å². The van der Waals surface area contributed by atoms with Crippen molar-refractivity contribution in [3.63, 3.8) is 0 Å². The average Bonchev–Trinajstić information content (AvgIpc) is 3.29. The van der Waals surface area contributed by atoms with Crippen LogP contribution in [0, 0.1) is 0 Å². The van der Waals surface area contributed by atoms with Gasteiger partial charge in [0.15, 0.2) is 5.78 Å². The summed E-state index contributed by atoms with van der Waals surface area (Å²) in [6, 6.07) is 22.8. The first-order valence-electron chi connectivity index (χ1n) is 12.4. The van der Waals surface area contributed by atoms with Gasteiger partial charge in [0.25, 0.3) is 0 Å². The molecule has 0 saturated carbocycles. The molecule has 0 N–H and O–H groups in total. The van der Waals surface area contributed by atoms with Gasteiger partial charge in [-0.25, -0.2) is 0 Å². The Morgan fingerprint density at radius 1 is 0.829 bits per heavy atom. The van der Waals surface area contributed by atoms with E-state index in [-0.39, 0.29) is 5.78 Å². The molecule has 0 amide bonds. The quantitative estimate of drug-likeness (QED) is 0.212. The molecular weight excluding hydrogens is 438 g/mol. The average molecular weight is 472 g/mol. The first-order chi connectivity index (χ1) is 17.1. The molecule has 0 aliphatic rings. The van der Waals surface area contributed by atoms with Crippen LogP contribution < -0.4 is 9.47 Å². The summed E-state index contributed by atoms with van der Waals surface area (Å²) in [4.78, 5) is 16.0. The number of benzene rings is 3. The number of hydrogen-bond acceptors (Lipinski definition) is 5. The second kappa shape index (κ2) is 11.7. The smallest absolute Gasteiger partial charge is 0.197 e. The molecule has 4 rings (SSSR count). The van der Waals surface area contributed by atoms with Crippen LogP contribution in [0.15, 0.2) is 77.2 Å². The zero-order chi connectivity index (χ0) is 24.6. The lowest BCUT2D eigenvalue weighted by Crippen LogP contribution is -2.27. The largest absolute Gasteiger partial charge is 0.494 e. The van der Waals surface area contributed by atoms with E-state index in [1.54, 1.807) is 6.07 Å². The van der Waals surface area contributed by atoms with Crippen molar-refractivity contribution in [2.45, 2.75) is 27.2 Å². The Hall–Kier alpha value is -3.57. The van der Waals surface area contributed by atoms with Crippen LogP contribution >= 0.6 is 0 Å². The predicted molar refractivity (Wildman–Crippen MR) is 141 cm³/mol. The fourth-order valence-corrected chi connectivity index (χ4v) is 4.10. The third kappa shape index (κ3) is 5.75. The Morgan fingerprint density at radius 3 is 2.31 bits per heavy atom. The van der Waals surface area contributed by atoms with Gasteiger partial charge in [0.1, 0.15) is 29.4 Å². The fraction of sp³-hybridized carbons (Fsp3) is 0.300. The highest BCUT2D eigenvalue weighted by molar-refractivity contribution is 6.19. The van der Waals surface area contributed by atoms with E-state index >= 15 is 0 Å². The number of carbonyl (C=O) groups is 1. The third-order valence-electron chi connectivity index (χ3n) is 6.08. The Morgan fingerprint density at radius 2 is 1.57 bits per heavy atom. The molecule has 0 bridgehead atoms. The van der Waals surface area contributed by atoms with E-state index in [1.807, 2.05) is 66.7 Å². The zero-order valence-corrected chi connectivity index (χ0v) is 20.8. The van der Waals surface area contributed by atoms with Crippen molar-refractivity contribution in [2.75, 3.05) is 32.8 Å². The first-order valence-corrected chi connectivity index (χ1v) is 12.4. The summed E-state index contributed by atoms with van der Waals surface area (Å²) in [7, 11) is 0. The van der Waals surface area contributed by atoms with E-state index in [0.29, 0.717) is 41.4 Å². The Kier molecular flexibility index (Phi) is 8.22. The number of ether oxygens (including phenoxy) is 2. The Bertz CT molecular complexity index is 1260. The van der Waals surface area contributed by atoms with Crippen LogP contribution in [-0.4, -0.2) is 43.5 Å². The molecule has 3 aromatic carbocycles. The van der Waals surface area contributed by atoms with E-state index < -0.39 is 0 Å². The lowest BCUT2D eigenvalue weighted by Gasteiger charge is -2.18. The van der Waals surface area contributed by atoms with Crippen LogP contribution in [0.25, 0.3) is 22.3 Å². The highest BCUT2D eigenvalue weighted by atomic mass is 16.5. The first kappa shape index (κ1) is 24.6. The number of nitrogens with zero attached hydrogens (tertiary/aromatic N) is 1. The van der Waals surface area contributed by atoms with Crippen LogP contribution in [0.1, 0.15) is 43.1 Å². The van der Waals surface area contributed by atoms with Crippen molar-refractivity contribution in [2.24, 2.45) is 0 Å². The maximum absolute atomic E-state index is 13.7. The minimum Gasteiger partial charge on any atom is -0.494 e. The molecule has 1 aromatic heterocycles. The highest BCUT2D eigenvalue weighted by Gasteiger charge is 2.23. The molecule has 5 nitrogen and oxygen atoms in total. The molecule has 0 saturated heterocycles. The van der Waals surface area contributed by atoms with Crippen LogP contribution in [0.2, 0.25) is 0 Å². The van der Waals surface area contributed by atoms with Crippen molar-refractivity contribution in [3.8, 4) is 22.8 Å². The van der Waals surface area contributed by atoms with Gasteiger partial charge in [0, 0.05) is 23.1 Å². The normalized spacial score (nSPS) is 11.2. The second-order valence-electron chi connectivity index (χ2n) is 8.41. The van der Waals surface area contributed by atoms with Gasteiger partial charge in [-0.2, -0.15) is 0 Å². The minimum atomic E-state index is -0.0913. The molecule has 5 heteroatoms. The topological polar surface area (TPSA) is 51.9 Å². The van der Waals surface area contributed by atoms with Gasteiger partial charge in [-0.05, 0) is 62.0 Å². The van der Waals surface area contributed by atoms with Gasteiger partial charge in [0.05, 0.1) is 12.2 Å². The molecule has 182 valence electrons. The number of fused-ring (bicyclic) bond motifs is 1. The zero-order valence-electron chi connectivity index (χ0n) is 20.8. The number of para-hydroxylation sites is 1. The predicted octanol–water partition coefficient (Wildman–Crippen LogP) is 6.84. The summed E-state index contributed by atoms with van der Waals surface area (Å²) in [5.41, 5.74) is 2.65. The molecule has 0 aliphatic carbocycles. The number of rotatable bonds is 12. The molecule has 35 heavy (non-hydrogen) atoms. The molecule has 0 atom stereocenters. The van der Waals surface area contributed by atoms with Gasteiger partial charge in [0.2, 0.25) is 0 Å². The number of furan rings is 1. The molecule has 0 fully saturated rings. The van der Waals surface area contributed by atoms with Crippen molar-refractivity contribution in [1.82, 2.24) is 4.90 Å². The number of ketones is 1. The lowest BCUT2D eigenvalue weighted by molar-refractivity contribution is 0.104. The van der Waals surface area contributed by atoms with Gasteiger partial charge < -0.3 is 18.8 Å². The summed E-state index contributed by atoms with van der Waals surface area (Å²) in [6.45, 7) is 10.5. The molecule has 1 heterocycles. The minimum absolute atomic E-state index is 0.0913. The number of carbonyl (C=O) groups excluding carboxylic acids is 1. The van der Waals surface area contributed by atoms with Crippen LogP contribution in [0.4, 0.5) is 0 Å². The van der Waals surface area contributed by atoms with Gasteiger partial charge in [-0.1, -0.05) is 51.1 Å². The summed E-state index contributed by atoms with van der Waals surface area (Å²) >= 11 is 0. The maximum atomic E-state index is 13.7. The summed E-state index contributed by atoms with van der Waals surface area (Å²) < 4.78 is 17.9. The summed E-state index contributed by atoms with van der Waals surface area (Å²) in [6.07, 6.45) is 0.907. The number of likely N-dealkylation sites (N-methyl/N-ethyl adjacent to an activating group) is 1. The second-order valence-corrected chi connectivity index (χ2v) is 8.41. The van der Waals surface area contributed by atoms with E-state index in [9.17, 15) is 4.79 Å². The molecule has 0 radical (unpaired) electrons. The molecule has 0 aliphatic heterocycles. The fourth-order valence-electron chi connectivity index (χ4n) is 4.10. The SMILES string of the molecule is CCCOc1cccc(C(=O)c2c(-c3ccc(OCCN(CC)CC)cc3)oc3ccccc23)c1. The lowest BCUT2D eigenvalue weighted by atomic mass is 9.97. The Labute approximate surface area is 207 Å². The summed E-state index contributed by atoms with van der Waals surface area (Å²) in [5, 5.41) is 0.798.